The fourth-order valence-electron chi connectivity index (χ4n) is 2.60. The normalized spacial score (nSPS) is 10.8. The van der Waals surface area contributed by atoms with Crippen molar-refractivity contribution in [2.75, 3.05) is 5.32 Å². The van der Waals surface area contributed by atoms with Crippen LogP contribution < -0.4 is 15.5 Å². The number of rotatable bonds is 8. The summed E-state index contributed by atoms with van der Waals surface area (Å²) in [6.45, 7) is 0.430. The van der Waals surface area contributed by atoms with Gasteiger partial charge in [0.25, 0.3) is 0 Å². The van der Waals surface area contributed by atoms with Crippen molar-refractivity contribution in [3.8, 4) is 5.75 Å². The highest BCUT2D eigenvalue weighted by atomic mass is 79.9. The first-order chi connectivity index (χ1) is 15.8. The van der Waals surface area contributed by atoms with Gasteiger partial charge in [-0.2, -0.15) is 5.10 Å². The molecule has 0 heterocycles. The largest absolute Gasteiger partial charge is 0.488 e. The Kier molecular flexibility index (Phi) is 9.31. The maximum atomic E-state index is 12.0. The molecule has 0 unspecified atom stereocenters. The van der Waals surface area contributed by atoms with E-state index in [9.17, 15) is 9.59 Å². The lowest BCUT2D eigenvalue weighted by Gasteiger charge is -2.09. The van der Waals surface area contributed by atoms with Crippen molar-refractivity contribution in [1.29, 1.82) is 0 Å². The number of amides is 2. The minimum Gasteiger partial charge on any atom is -0.488 e. The molecule has 0 aliphatic heterocycles. The first kappa shape index (κ1) is 25.2. The Morgan fingerprint density at radius 2 is 1.70 bits per heavy atom. The van der Waals surface area contributed by atoms with E-state index >= 15 is 0 Å². The molecular weight excluding hydrogens is 597 g/mol. The number of nitrogens with one attached hydrogen (secondary N) is 2. The number of nitrogens with zero attached hydrogens (tertiary/aromatic N) is 1. The van der Waals surface area contributed by atoms with E-state index in [1.54, 1.807) is 24.3 Å². The van der Waals surface area contributed by atoms with Crippen LogP contribution >= 0.6 is 55.1 Å². The molecule has 10 heteroatoms. The lowest BCUT2D eigenvalue weighted by molar-refractivity contribution is -0.126. The molecule has 3 rings (SSSR count). The van der Waals surface area contributed by atoms with Gasteiger partial charge in [0.05, 0.1) is 20.7 Å². The molecule has 2 N–H and O–H groups in total. The van der Waals surface area contributed by atoms with Crippen LogP contribution in [0.15, 0.2) is 74.7 Å². The smallest absolute Gasteiger partial charge is 0.249 e. The van der Waals surface area contributed by atoms with E-state index in [0.717, 1.165) is 20.1 Å². The van der Waals surface area contributed by atoms with Gasteiger partial charge in [0.2, 0.25) is 11.8 Å². The van der Waals surface area contributed by atoms with Gasteiger partial charge in [-0.3, -0.25) is 9.59 Å². The summed E-state index contributed by atoms with van der Waals surface area (Å²) in [6.07, 6.45) is 1.07. The molecule has 3 aromatic rings. The van der Waals surface area contributed by atoms with Crippen molar-refractivity contribution in [2.24, 2.45) is 5.10 Å². The zero-order valence-electron chi connectivity index (χ0n) is 16.9. The van der Waals surface area contributed by atoms with Crippen LogP contribution in [0.4, 0.5) is 5.69 Å². The van der Waals surface area contributed by atoms with Gasteiger partial charge in [0.1, 0.15) is 18.8 Å². The maximum absolute atomic E-state index is 12.0. The van der Waals surface area contributed by atoms with Crippen LogP contribution in [-0.2, 0) is 16.2 Å². The number of halogens is 4. The topological polar surface area (TPSA) is 79.8 Å². The third kappa shape index (κ3) is 8.16. The number of carbonyl (C=O) groups is 2. The van der Waals surface area contributed by atoms with E-state index in [-0.39, 0.29) is 0 Å². The van der Waals surface area contributed by atoms with E-state index in [1.165, 1.54) is 12.3 Å². The monoisotopic (exact) mass is 611 g/mol. The van der Waals surface area contributed by atoms with Gasteiger partial charge < -0.3 is 10.1 Å². The Morgan fingerprint density at radius 1 is 0.939 bits per heavy atom. The van der Waals surface area contributed by atoms with Crippen molar-refractivity contribution in [3.63, 3.8) is 0 Å². The summed E-state index contributed by atoms with van der Waals surface area (Å²) in [6, 6.07) is 17.9. The Balaban J connectivity index is 1.47. The number of hydrazone groups is 1. The Labute approximate surface area is 217 Å². The minimum atomic E-state index is -0.558. The zero-order chi connectivity index (χ0) is 23.8. The second-order valence-corrected chi connectivity index (χ2v) is 9.34. The molecule has 3 aromatic carbocycles. The highest BCUT2D eigenvalue weighted by Gasteiger charge is 2.10. The predicted octanol–water partition coefficient (Wildman–Crippen LogP) is 6.58. The lowest BCUT2D eigenvalue weighted by atomic mass is 10.2. The number of anilines is 1. The second-order valence-electron chi connectivity index (χ2n) is 6.75. The number of hydrogen-bond donors (Lipinski definition) is 2. The number of carbonyl (C=O) groups excluding carboxylic acids is 2. The SMILES string of the molecule is O=C(CC(=O)Nc1ccc(Cl)c(Cl)c1)NN=Cc1ccc(OCc2ccc(Br)cc2)c(Br)c1. The molecule has 0 radical (unpaired) electrons. The molecule has 6 nitrogen and oxygen atoms in total. The van der Waals surface area contributed by atoms with Gasteiger partial charge in [0, 0.05) is 10.2 Å². The predicted molar refractivity (Wildman–Crippen MR) is 138 cm³/mol. The standard InChI is InChI=1S/C23H17Br2Cl2N3O3/c24-16-4-1-14(2-5-16)13-33-21-8-3-15(9-18(21)25)12-28-30-23(32)11-22(31)29-17-6-7-19(26)20(27)10-17/h1-10,12H,11,13H2,(H,29,31)(H,30,32). The highest BCUT2D eigenvalue weighted by molar-refractivity contribution is 9.10. The summed E-state index contributed by atoms with van der Waals surface area (Å²) < 4.78 is 7.59. The average molecular weight is 614 g/mol. The van der Waals surface area contributed by atoms with E-state index < -0.39 is 18.2 Å². The molecule has 2 amide bonds. The molecule has 0 spiro atoms. The minimum absolute atomic E-state index is 0.305. The quantitative estimate of drug-likeness (QED) is 0.171. The molecule has 0 fully saturated rings. The van der Waals surface area contributed by atoms with Gasteiger partial charge in [-0.05, 0) is 75.6 Å². The lowest BCUT2D eigenvalue weighted by Crippen LogP contribution is -2.24. The summed E-state index contributed by atoms with van der Waals surface area (Å²) in [5.41, 5.74) is 4.55. The summed E-state index contributed by atoms with van der Waals surface area (Å²) in [7, 11) is 0. The molecule has 170 valence electrons. The van der Waals surface area contributed by atoms with E-state index in [4.69, 9.17) is 27.9 Å². The van der Waals surface area contributed by atoms with Crippen LogP contribution in [0.2, 0.25) is 10.0 Å². The van der Waals surface area contributed by atoms with Crippen molar-refractivity contribution >= 4 is 78.8 Å². The van der Waals surface area contributed by atoms with Crippen LogP contribution in [0, 0.1) is 0 Å². The van der Waals surface area contributed by atoms with Crippen LogP contribution in [-0.4, -0.2) is 18.0 Å². The van der Waals surface area contributed by atoms with Gasteiger partial charge in [-0.15, -0.1) is 0 Å². The van der Waals surface area contributed by atoms with Gasteiger partial charge in [-0.1, -0.05) is 51.3 Å². The average Bonchev–Trinajstić information content (AvgIpc) is 2.77. The molecule has 0 aliphatic rings. The van der Waals surface area contributed by atoms with Crippen LogP contribution in [0.25, 0.3) is 0 Å². The van der Waals surface area contributed by atoms with E-state index in [0.29, 0.717) is 28.1 Å². The zero-order valence-corrected chi connectivity index (χ0v) is 21.6. The van der Waals surface area contributed by atoms with E-state index in [1.807, 2.05) is 30.3 Å². The third-order valence-corrected chi connectivity index (χ3v) is 6.08. The van der Waals surface area contributed by atoms with Crippen molar-refractivity contribution < 1.29 is 14.3 Å². The Morgan fingerprint density at radius 3 is 2.39 bits per heavy atom. The van der Waals surface area contributed by atoms with Crippen molar-refractivity contribution in [2.45, 2.75) is 13.0 Å². The third-order valence-electron chi connectivity index (χ3n) is 4.19. The molecule has 0 aromatic heterocycles. The second kappa shape index (κ2) is 12.2. The number of ether oxygens (including phenoxy) is 1. The van der Waals surface area contributed by atoms with Crippen molar-refractivity contribution in [3.05, 3.63) is 90.8 Å². The van der Waals surface area contributed by atoms with Crippen LogP contribution in [0.1, 0.15) is 17.5 Å². The molecule has 0 bridgehead atoms. The fraction of sp³-hybridized carbons (Fsp3) is 0.0870. The Hall–Kier alpha value is -2.39. The summed E-state index contributed by atoms with van der Waals surface area (Å²) in [4.78, 5) is 23.9. The molecule has 0 saturated carbocycles. The number of benzene rings is 3. The summed E-state index contributed by atoms with van der Waals surface area (Å²) in [5.74, 6) is -0.383. The molecule has 0 aliphatic carbocycles. The first-order valence-corrected chi connectivity index (χ1v) is 11.9. The highest BCUT2D eigenvalue weighted by Crippen LogP contribution is 2.27. The maximum Gasteiger partial charge on any atom is 0.249 e. The first-order valence-electron chi connectivity index (χ1n) is 9.54. The van der Waals surface area contributed by atoms with Crippen LogP contribution in [0.5, 0.6) is 5.75 Å². The fourth-order valence-corrected chi connectivity index (χ4v) is 3.67. The molecule has 0 atom stereocenters. The Bertz CT molecular complexity index is 1190. The van der Waals surface area contributed by atoms with Crippen LogP contribution in [0.3, 0.4) is 0 Å². The molecular formula is C23H17Br2Cl2N3O3. The van der Waals surface area contributed by atoms with Gasteiger partial charge in [-0.25, -0.2) is 5.43 Å². The summed E-state index contributed by atoms with van der Waals surface area (Å²) >= 11 is 18.6. The summed E-state index contributed by atoms with van der Waals surface area (Å²) in [5, 5.41) is 7.14. The number of hydrogen-bond acceptors (Lipinski definition) is 4. The molecule has 33 heavy (non-hydrogen) atoms. The van der Waals surface area contributed by atoms with E-state index in [2.05, 4.69) is 47.7 Å². The van der Waals surface area contributed by atoms with Gasteiger partial charge >= 0.3 is 0 Å². The molecule has 0 saturated heterocycles. The van der Waals surface area contributed by atoms with Gasteiger partial charge in [0.15, 0.2) is 0 Å². The van der Waals surface area contributed by atoms with Crippen molar-refractivity contribution in [1.82, 2.24) is 5.43 Å².